The predicted octanol–water partition coefficient (Wildman–Crippen LogP) is 2.15. The lowest BCUT2D eigenvalue weighted by atomic mass is 10.2. The topological polar surface area (TPSA) is 136 Å². The second kappa shape index (κ2) is 8.39. The van der Waals surface area contributed by atoms with Crippen molar-refractivity contribution in [2.24, 2.45) is 11.7 Å². The molecular formula is C16H15F3N2O6S2. The third-order valence-electron chi connectivity index (χ3n) is 3.58. The van der Waals surface area contributed by atoms with E-state index in [-0.39, 0.29) is 9.77 Å². The molecule has 158 valence electrons. The van der Waals surface area contributed by atoms with Gasteiger partial charge in [-0.3, -0.25) is 9.59 Å². The van der Waals surface area contributed by atoms with Crippen molar-refractivity contribution >= 4 is 38.7 Å². The monoisotopic (exact) mass is 452 g/mol. The van der Waals surface area contributed by atoms with Crippen LogP contribution < -0.4 is 15.8 Å². The number of amides is 2. The van der Waals surface area contributed by atoms with Gasteiger partial charge >= 0.3 is 6.36 Å². The molecule has 1 aromatic carbocycles. The van der Waals surface area contributed by atoms with Crippen molar-refractivity contribution < 1.29 is 41.0 Å². The number of hydrogen-bond acceptors (Lipinski definition) is 7. The Kier molecular flexibility index (Phi) is 6.55. The molecule has 4 N–H and O–H groups in total. The van der Waals surface area contributed by atoms with Gasteiger partial charge in [0.05, 0.1) is 28.7 Å². The maximum atomic E-state index is 12.9. The van der Waals surface area contributed by atoms with E-state index in [0.29, 0.717) is 17.4 Å². The highest BCUT2D eigenvalue weighted by molar-refractivity contribution is 7.93. The molecule has 13 heteroatoms. The molecule has 1 aromatic heterocycles. The van der Waals surface area contributed by atoms with Gasteiger partial charge in [0.2, 0.25) is 21.7 Å². The number of aliphatic hydroxyl groups is 1. The molecule has 29 heavy (non-hydrogen) atoms. The molecule has 0 saturated carbocycles. The van der Waals surface area contributed by atoms with Crippen molar-refractivity contribution in [2.75, 3.05) is 11.9 Å². The Morgan fingerprint density at radius 3 is 2.48 bits per heavy atom. The predicted molar refractivity (Wildman–Crippen MR) is 96.3 cm³/mol. The Morgan fingerprint density at radius 1 is 1.31 bits per heavy atom. The summed E-state index contributed by atoms with van der Waals surface area (Å²) in [6.07, 6.45) is -5.04. The summed E-state index contributed by atoms with van der Waals surface area (Å²) in [7, 11) is -4.32. The fraction of sp³-hybridized carbons (Fsp3) is 0.250. The number of benzene rings is 1. The van der Waals surface area contributed by atoms with Gasteiger partial charge in [-0.1, -0.05) is 6.92 Å². The summed E-state index contributed by atoms with van der Waals surface area (Å²) < 4.78 is 66.7. The largest absolute Gasteiger partial charge is 0.573 e. The molecule has 0 fully saturated rings. The maximum Gasteiger partial charge on any atom is 0.573 e. The molecule has 8 nitrogen and oxygen atoms in total. The number of nitrogens with two attached hydrogens (primary N) is 1. The van der Waals surface area contributed by atoms with Gasteiger partial charge in [-0.2, -0.15) is 0 Å². The zero-order chi connectivity index (χ0) is 22.0. The van der Waals surface area contributed by atoms with Crippen LogP contribution >= 0.6 is 11.3 Å². The number of rotatable bonds is 7. The van der Waals surface area contributed by atoms with Gasteiger partial charge in [-0.05, 0) is 18.2 Å². The minimum atomic E-state index is -5.04. The van der Waals surface area contributed by atoms with Gasteiger partial charge in [0, 0.05) is 11.4 Å². The lowest BCUT2D eigenvalue weighted by Gasteiger charge is -2.16. The third kappa shape index (κ3) is 5.46. The van der Waals surface area contributed by atoms with Crippen LogP contribution in [0.4, 0.5) is 18.9 Å². The Morgan fingerprint density at radius 2 is 1.97 bits per heavy atom. The normalized spacial score (nSPS) is 13.0. The van der Waals surface area contributed by atoms with Crippen molar-refractivity contribution in [1.29, 1.82) is 0 Å². The molecule has 0 aliphatic heterocycles. The van der Waals surface area contributed by atoms with E-state index in [1.807, 2.05) is 0 Å². The third-order valence-corrected chi connectivity index (χ3v) is 6.83. The second-order valence-electron chi connectivity index (χ2n) is 5.80. The van der Waals surface area contributed by atoms with E-state index in [1.165, 1.54) is 12.3 Å². The van der Waals surface area contributed by atoms with E-state index in [9.17, 15) is 31.2 Å². The summed E-state index contributed by atoms with van der Waals surface area (Å²) >= 11 is 0.680. The fourth-order valence-corrected chi connectivity index (χ4v) is 4.76. The van der Waals surface area contributed by atoms with Gasteiger partial charge in [0.1, 0.15) is 9.96 Å². The van der Waals surface area contributed by atoms with Crippen LogP contribution in [-0.2, 0) is 14.6 Å². The van der Waals surface area contributed by atoms with Gasteiger partial charge in [0.15, 0.2) is 0 Å². The van der Waals surface area contributed by atoms with Crippen molar-refractivity contribution in [1.82, 2.24) is 0 Å². The number of alkyl halides is 3. The summed E-state index contributed by atoms with van der Waals surface area (Å²) in [5.41, 5.74) is 4.56. The molecule has 0 radical (unpaired) electrons. The molecule has 0 saturated heterocycles. The summed E-state index contributed by atoms with van der Waals surface area (Å²) in [6, 6.07) is 3.32. The quantitative estimate of drug-likeness (QED) is 0.589. The Bertz CT molecular complexity index is 1030. The molecule has 2 rings (SSSR count). The zero-order valence-electron chi connectivity index (χ0n) is 14.7. The number of carbonyl (C=O) groups excluding carboxylic acids is 2. The molecule has 0 aliphatic rings. The minimum absolute atomic E-state index is 0.0647. The Hall–Kier alpha value is -2.64. The number of hydrogen-bond donors (Lipinski definition) is 3. The summed E-state index contributed by atoms with van der Waals surface area (Å²) in [5.74, 6) is -3.40. The van der Waals surface area contributed by atoms with Crippen molar-refractivity contribution in [3.63, 3.8) is 0 Å². The zero-order valence-corrected chi connectivity index (χ0v) is 16.3. The van der Waals surface area contributed by atoms with Gasteiger partial charge < -0.3 is 20.9 Å². The van der Waals surface area contributed by atoms with Crippen molar-refractivity contribution in [2.45, 2.75) is 22.4 Å². The highest BCUT2D eigenvalue weighted by Crippen LogP contribution is 2.35. The lowest BCUT2D eigenvalue weighted by Crippen LogP contribution is -2.24. The summed E-state index contributed by atoms with van der Waals surface area (Å²) in [5, 5.41) is 12.4. The second-order valence-corrected chi connectivity index (χ2v) is 8.86. The lowest BCUT2D eigenvalue weighted by molar-refractivity contribution is -0.274. The standard InChI is InChI=1S/C16H15F3N2O6S2/c1-8(6-22)15(24)21-11-5-10(27-16(17,18)19)2-3-12(11)29(25,26)13-4-9(7-28-13)14(20)23/h2-5,7-8,22H,6H2,1H3,(H2,20,23)(H,21,24). The van der Waals surface area contributed by atoms with Crippen LogP contribution in [0.25, 0.3) is 0 Å². The van der Waals surface area contributed by atoms with Crippen LogP contribution in [0.1, 0.15) is 17.3 Å². The van der Waals surface area contributed by atoms with Crippen molar-refractivity contribution in [3.8, 4) is 5.75 Å². The number of primary amides is 1. The number of ether oxygens (including phenoxy) is 1. The number of thiophene rings is 1. The van der Waals surface area contributed by atoms with Gasteiger partial charge in [-0.15, -0.1) is 24.5 Å². The fourth-order valence-electron chi connectivity index (χ4n) is 2.07. The van der Waals surface area contributed by atoms with Crippen LogP contribution in [0.3, 0.4) is 0 Å². The van der Waals surface area contributed by atoms with Crippen molar-refractivity contribution in [3.05, 3.63) is 35.2 Å². The van der Waals surface area contributed by atoms with E-state index < -0.39 is 56.9 Å². The average Bonchev–Trinajstić information content (AvgIpc) is 3.10. The maximum absolute atomic E-state index is 12.9. The van der Waals surface area contributed by atoms with E-state index in [0.717, 1.165) is 18.2 Å². The first kappa shape index (κ1) is 22.6. The molecule has 0 aliphatic carbocycles. The smallest absolute Gasteiger partial charge is 0.406 e. The first-order valence-electron chi connectivity index (χ1n) is 7.80. The molecule has 0 spiro atoms. The van der Waals surface area contributed by atoms with Gasteiger partial charge in [0.25, 0.3) is 0 Å². The molecular weight excluding hydrogens is 437 g/mol. The summed E-state index contributed by atoms with van der Waals surface area (Å²) in [6.45, 7) is 0.761. The molecule has 2 amide bonds. The highest BCUT2D eigenvalue weighted by atomic mass is 32.2. The van der Waals surface area contributed by atoms with Crippen LogP contribution in [0.5, 0.6) is 5.75 Å². The first-order valence-corrected chi connectivity index (χ1v) is 10.2. The molecule has 1 unspecified atom stereocenters. The van der Waals surface area contributed by atoms with E-state index in [4.69, 9.17) is 10.8 Å². The molecule has 1 heterocycles. The number of carbonyl (C=O) groups is 2. The molecule has 0 bridgehead atoms. The van der Waals surface area contributed by atoms with E-state index in [1.54, 1.807) is 0 Å². The van der Waals surface area contributed by atoms with Crippen LogP contribution in [0.2, 0.25) is 0 Å². The average molecular weight is 452 g/mol. The Balaban J connectivity index is 2.55. The van der Waals surface area contributed by atoms with Crippen LogP contribution in [0, 0.1) is 5.92 Å². The minimum Gasteiger partial charge on any atom is -0.406 e. The SMILES string of the molecule is CC(CO)C(=O)Nc1cc(OC(F)(F)F)ccc1S(=O)(=O)c1cc(C(N)=O)cs1. The summed E-state index contributed by atoms with van der Waals surface area (Å²) in [4.78, 5) is 22.7. The number of aliphatic hydroxyl groups excluding tert-OH is 1. The van der Waals surface area contributed by atoms with Crippen LogP contribution in [0.15, 0.2) is 38.8 Å². The highest BCUT2D eigenvalue weighted by Gasteiger charge is 2.32. The van der Waals surface area contributed by atoms with Gasteiger partial charge in [-0.25, -0.2) is 8.42 Å². The van der Waals surface area contributed by atoms with E-state index >= 15 is 0 Å². The van der Waals surface area contributed by atoms with E-state index in [2.05, 4.69) is 10.1 Å². The number of sulfone groups is 1. The molecule has 2 aromatic rings. The number of anilines is 1. The Labute approximate surface area is 167 Å². The molecule has 1 atom stereocenters. The van der Waals surface area contributed by atoms with Crippen LogP contribution in [-0.4, -0.2) is 38.3 Å². The first-order chi connectivity index (χ1) is 13.3. The number of nitrogens with one attached hydrogen (secondary N) is 1. The number of halogens is 3.